The number of ketones is 1. The normalized spacial score (nSPS) is 22.8. The third-order valence-corrected chi connectivity index (χ3v) is 11.0. The van der Waals surface area contributed by atoms with Crippen LogP contribution >= 0.6 is 0 Å². The molecule has 1 rings (SSSR count). The van der Waals surface area contributed by atoms with E-state index in [2.05, 4.69) is 46.9 Å². The molecule has 0 aromatic heterocycles. The Kier molecular flexibility index (Phi) is 11.0. The fourth-order valence-electron chi connectivity index (χ4n) is 3.36. The van der Waals surface area contributed by atoms with E-state index in [1.54, 1.807) is 0 Å². The maximum Gasteiger partial charge on any atom is 0.346 e. The zero-order valence-electron chi connectivity index (χ0n) is 20.3. The highest BCUT2D eigenvalue weighted by atomic mass is 28.4. The van der Waals surface area contributed by atoms with Gasteiger partial charge in [0.1, 0.15) is 0 Å². The van der Waals surface area contributed by atoms with Gasteiger partial charge in [-0.05, 0) is 31.0 Å². The van der Waals surface area contributed by atoms with Gasteiger partial charge < -0.3 is 13.9 Å². The van der Waals surface area contributed by atoms with E-state index in [1.165, 1.54) is 39.2 Å². The van der Waals surface area contributed by atoms with Crippen molar-refractivity contribution in [3.05, 3.63) is 12.2 Å². The van der Waals surface area contributed by atoms with E-state index in [-0.39, 0.29) is 23.7 Å². The van der Waals surface area contributed by atoms with Crippen LogP contribution < -0.4 is 0 Å². The predicted molar refractivity (Wildman–Crippen MR) is 124 cm³/mol. The second-order valence-electron chi connectivity index (χ2n) is 9.99. The minimum absolute atomic E-state index is 0.0777. The fraction of sp³-hybridized carbons (Fsp3) is 0.833. The topological polar surface area (TPSA) is 61.8 Å². The first-order valence-corrected chi connectivity index (χ1v) is 14.5. The summed E-state index contributed by atoms with van der Waals surface area (Å²) in [5.74, 6) is -0.811. The first-order chi connectivity index (χ1) is 14.0. The quantitative estimate of drug-likeness (QED) is 0.116. The second kappa shape index (κ2) is 12.2. The highest BCUT2D eigenvalue weighted by Gasteiger charge is 2.54. The summed E-state index contributed by atoms with van der Waals surface area (Å²) in [6.45, 7) is 13.4. The lowest BCUT2D eigenvalue weighted by atomic mass is 9.93. The van der Waals surface area contributed by atoms with Crippen molar-refractivity contribution in [2.24, 2.45) is 0 Å². The smallest absolute Gasteiger partial charge is 0.346 e. The Hall–Kier alpha value is -0.983. The maximum absolute atomic E-state index is 12.8. The first kappa shape index (κ1) is 27.1. The number of carbonyl (C=O) groups excluding carboxylic acids is 2. The minimum atomic E-state index is -1.95. The van der Waals surface area contributed by atoms with Gasteiger partial charge in [-0.3, -0.25) is 4.79 Å². The number of allylic oxidation sites excluding steroid dienone is 1. The van der Waals surface area contributed by atoms with E-state index in [9.17, 15) is 9.59 Å². The number of carbonyl (C=O) groups is 2. The van der Waals surface area contributed by atoms with Crippen LogP contribution in [-0.2, 0) is 23.5 Å². The summed E-state index contributed by atoms with van der Waals surface area (Å²) < 4.78 is 17.2. The summed E-state index contributed by atoms with van der Waals surface area (Å²) in [5, 5.41) is 0.0777. The van der Waals surface area contributed by atoms with Crippen molar-refractivity contribution in [2.45, 2.75) is 115 Å². The number of hydrogen-bond acceptors (Lipinski definition) is 5. The highest BCUT2D eigenvalue weighted by Crippen LogP contribution is 2.38. The van der Waals surface area contributed by atoms with Gasteiger partial charge in [0.25, 0.3) is 0 Å². The molecule has 1 heterocycles. The van der Waals surface area contributed by atoms with Crippen LogP contribution in [0.3, 0.4) is 0 Å². The van der Waals surface area contributed by atoms with Crippen LogP contribution in [0.25, 0.3) is 0 Å². The van der Waals surface area contributed by atoms with E-state index >= 15 is 0 Å². The molecule has 0 saturated carbocycles. The number of ether oxygens (including phenoxy) is 2. The van der Waals surface area contributed by atoms with Gasteiger partial charge in [-0.1, -0.05) is 72.0 Å². The van der Waals surface area contributed by atoms with Gasteiger partial charge in [0.2, 0.25) is 5.60 Å². The fourth-order valence-corrected chi connectivity index (χ4v) is 4.39. The lowest BCUT2D eigenvalue weighted by molar-refractivity contribution is -0.171. The first-order valence-electron chi connectivity index (χ1n) is 11.6. The number of Topliss-reactive ketones (excluding diaryl/α,β-unsaturated/α-hetero) is 1. The molecule has 5 nitrogen and oxygen atoms in total. The van der Waals surface area contributed by atoms with E-state index in [0.717, 1.165) is 12.8 Å². The van der Waals surface area contributed by atoms with Crippen molar-refractivity contribution in [1.82, 2.24) is 0 Å². The van der Waals surface area contributed by atoms with Crippen LogP contribution in [-0.4, -0.2) is 45.5 Å². The molecule has 0 radical (unpaired) electrons. The van der Waals surface area contributed by atoms with E-state index < -0.39 is 26.0 Å². The number of methoxy groups -OCH3 is 1. The Morgan fingerprint density at radius 2 is 1.80 bits per heavy atom. The summed E-state index contributed by atoms with van der Waals surface area (Å²) in [6.07, 6.45) is 12.4. The summed E-state index contributed by atoms with van der Waals surface area (Å²) in [7, 11) is -0.645. The van der Waals surface area contributed by atoms with Crippen molar-refractivity contribution in [1.29, 1.82) is 0 Å². The van der Waals surface area contributed by atoms with Crippen LogP contribution in [0, 0.1) is 0 Å². The summed E-state index contributed by atoms with van der Waals surface area (Å²) in [4.78, 5) is 25.3. The molecule has 6 heteroatoms. The maximum atomic E-state index is 12.8. The van der Waals surface area contributed by atoms with Crippen molar-refractivity contribution in [3.8, 4) is 0 Å². The zero-order valence-corrected chi connectivity index (χ0v) is 21.3. The van der Waals surface area contributed by atoms with Gasteiger partial charge >= 0.3 is 5.97 Å². The Bertz CT molecular complexity index is 579. The van der Waals surface area contributed by atoms with Gasteiger partial charge in [-0.15, -0.1) is 0 Å². The predicted octanol–water partition coefficient (Wildman–Crippen LogP) is 5.97. The van der Waals surface area contributed by atoms with Gasteiger partial charge in [-0.25, -0.2) is 4.79 Å². The van der Waals surface area contributed by atoms with Crippen LogP contribution in [0.1, 0.15) is 85.5 Å². The van der Waals surface area contributed by atoms with Crippen LogP contribution in [0.2, 0.25) is 18.1 Å². The molecular formula is C24H44O5Si. The number of hydrogen-bond donors (Lipinski definition) is 0. The van der Waals surface area contributed by atoms with E-state index in [0.29, 0.717) is 6.61 Å². The largest absolute Gasteiger partial charge is 0.467 e. The number of esters is 1. The summed E-state index contributed by atoms with van der Waals surface area (Å²) >= 11 is 0. The Balaban J connectivity index is 2.62. The summed E-state index contributed by atoms with van der Waals surface area (Å²) in [6, 6.07) is 0. The van der Waals surface area contributed by atoms with Crippen molar-refractivity contribution in [3.63, 3.8) is 0 Å². The second-order valence-corrected chi connectivity index (χ2v) is 14.8. The molecule has 0 aromatic carbocycles. The third kappa shape index (κ3) is 7.61. The Labute approximate surface area is 185 Å². The monoisotopic (exact) mass is 440 g/mol. The average Bonchev–Trinajstić information content (AvgIpc) is 3.00. The molecule has 30 heavy (non-hydrogen) atoms. The molecule has 0 unspecified atom stereocenters. The van der Waals surface area contributed by atoms with Crippen LogP contribution in [0.5, 0.6) is 0 Å². The lowest BCUT2D eigenvalue weighted by Gasteiger charge is -2.37. The zero-order chi connectivity index (χ0) is 22.8. The van der Waals surface area contributed by atoms with Crippen molar-refractivity contribution >= 4 is 20.1 Å². The average molecular weight is 441 g/mol. The van der Waals surface area contributed by atoms with Gasteiger partial charge in [0.15, 0.2) is 14.1 Å². The van der Waals surface area contributed by atoms with Crippen molar-refractivity contribution in [2.75, 3.05) is 13.7 Å². The van der Waals surface area contributed by atoms with Crippen molar-refractivity contribution < 1.29 is 23.5 Å². The minimum Gasteiger partial charge on any atom is -0.467 e. The molecule has 0 amide bonds. The van der Waals surface area contributed by atoms with Crippen LogP contribution in [0.15, 0.2) is 12.2 Å². The molecule has 1 saturated heterocycles. The van der Waals surface area contributed by atoms with Crippen LogP contribution in [0.4, 0.5) is 0 Å². The van der Waals surface area contributed by atoms with E-state index in [1.807, 2.05) is 6.08 Å². The molecule has 1 aliphatic heterocycles. The molecule has 2 atom stereocenters. The Morgan fingerprint density at radius 3 is 2.40 bits per heavy atom. The number of unbranched alkanes of at least 4 members (excludes halogenated alkanes) is 6. The molecule has 1 aliphatic rings. The molecule has 0 bridgehead atoms. The number of rotatable bonds is 13. The van der Waals surface area contributed by atoms with Gasteiger partial charge in [0.05, 0.1) is 19.8 Å². The molecule has 1 fully saturated rings. The lowest BCUT2D eigenvalue weighted by Crippen LogP contribution is -2.46. The molecule has 174 valence electrons. The van der Waals surface area contributed by atoms with Gasteiger partial charge in [0, 0.05) is 12.8 Å². The highest BCUT2D eigenvalue weighted by molar-refractivity contribution is 6.74. The molecule has 0 N–H and O–H groups in total. The molecule has 0 aromatic rings. The van der Waals surface area contributed by atoms with E-state index in [4.69, 9.17) is 13.9 Å². The SMILES string of the molecule is CCCCCCCCC=CC[C@@]1(C(=O)OC)O[C@H](CO[Si](C)(C)C(C)(C)C)CC1=O. The third-order valence-electron chi connectivity index (χ3n) is 6.48. The van der Waals surface area contributed by atoms with Gasteiger partial charge in [-0.2, -0.15) is 0 Å². The summed E-state index contributed by atoms with van der Waals surface area (Å²) in [5.41, 5.74) is -1.52. The molecular weight excluding hydrogens is 396 g/mol. The standard InChI is InChI=1S/C24H44O5Si/c1-8-9-10-11-12-13-14-15-16-17-24(22(26)27-5)21(25)18-20(29-24)19-28-30(6,7)23(2,3)4/h15-16,20H,8-14,17-19H2,1-7H3/t20-,24+/m0/s1. The molecule has 0 aliphatic carbocycles. The Morgan fingerprint density at radius 1 is 1.17 bits per heavy atom. The molecule has 0 spiro atoms.